The van der Waals surface area contributed by atoms with Crippen molar-refractivity contribution in [3.63, 3.8) is 0 Å². The summed E-state index contributed by atoms with van der Waals surface area (Å²) in [6.45, 7) is 5.03. The number of aryl methyl sites for hydroxylation is 1. The van der Waals surface area contributed by atoms with E-state index in [2.05, 4.69) is 5.32 Å². The number of anilines is 2. The van der Waals surface area contributed by atoms with Gasteiger partial charge in [-0.25, -0.2) is 4.90 Å². The van der Waals surface area contributed by atoms with E-state index >= 15 is 0 Å². The van der Waals surface area contributed by atoms with Gasteiger partial charge in [0.05, 0.1) is 12.1 Å². The van der Waals surface area contributed by atoms with Gasteiger partial charge in [0.25, 0.3) is 5.91 Å². The topological polar surface area (TPSA) is 86.8 Å². The van der Waals surface area contributed by atoms with Crippen molar-refractivity contribution in [3.05, 3.63) is 59.7 Å². The third kappa shape index (κ3) is 4.51. The van der Waals surface area contributed by atoms with Crippen LogP contribution in [0.4, 0.5) is 11.4 Å². The van der Waals surface area contributed by atoms with Crippen LogP contribution in [0.15, 0.2) is 48.5 Å². The third-order valence-electron chi connectivity index (χ3n) is 4.82. The summed E-state index contributed by atoms with van der Waals surface area (Å²) in [5.74, 6) is -1.26. The predicted molar refractivity (Wildman–Crippen MR) is 109 cm³/mol. The number of carbonyl (C=O) groups excluding carboxylic acids is 4. The van der Waals surface area contributed by atoms with Crippen molar-refractivity contribution in [2.45, 2.75) is 39.8 Å². The molecule has 0 saturated carbocycles. The van der Waals surface area contributed by atoms with Crippen LogP contribution >= 0.6 is 0 Å². The molecular formula is C22H23N3O4. The van der Waals surface area contributed by atoms with Crippen LogP contribution in [-0.2, 0) is 25.7 Å². The van der Waals surface area contributed by atoms with E-state index in [0.717, 1.165) is 16.0 Å². The number of nitrogens with one attached hydrogen (secondary N) is 1. The fourth-order valence-corrected chi connectivity index (χ4v) is 3.36. The molecule has 2 aromatic carbocycles. The lowest BCUT2D eigenvalue weighted by molar-refractivity contribution is -0.137. The predicted octanol–water partition coefficient (Wildman–Crippen LogP) is 2.63. The van der Waals surface area contributed by atoms with Crippen LogP contribution in [0, 0.1) is 6.92 Å². The number of benzene rings is 2. The highest BCUT2D eigenvalue weighted by Gasteiger charge is 2.43. The van der Waals surface area contributed by atoms with Crippen LogP contribution in [-0.4, -0.2) is 34.6 Å². The second-order valence-corrected chi connectivity index (χ2v) is 7.15. The van der Waals surface area contributed by atoms with Crippen LogP contribution in [0.5, 0.6) is 0 Å². The standard InChI is InChI=1S/C22H23N3O4/c1-14-4-6-17(7-5-14)13-24(16(3)27)20-12-21(28)25(22(20)29)19-10-8-18(9-11-19)23-15(2)26/h4-11,20H,12-13H2,1-3H3,(H,23,26). The maximum Gasteiger partial charge on any atom is 0.257 e. The fourth-order valence-electron chi connectivity index (χ4n) is 3.36. The maximum absolute atomic E-state index is 13.0. The summed E-state index contributed by atoms with van der Waals surface area (Å²) in [5, 5.41) is 2.64. The van der Waals surface area contributed by atoms with Gasteiger partial charge in [0.2, 0.25) is 17.7 Å². The number of carbonyl (C=O) groups is 4. The van der Waals surface area contributed by atoms with E-state index in [9.17, 15) is 19.2 Å². The highest BCUT2D eigenvalue weighted by Crippen LogP contribution is 2.28. The minimum atomic E-state index is -0.837. The molecule has 150 valence electrons. The molecule has 1 unspecified atom stereocenters. The van der Waals surface area contributed by atoms with Crippen LogP contribution in [0.3, 0.4) is 0 Å². The van der Waals surface area contributed by atoms with Gasteiger partial charge >= 0.3 is 0 Å². The first kappa shape index (κ1) is 20.3. The second kappa shape index (κ2) is 8.26. The summed E-state index contributed by atoms with van der Waals surface area (Å²) in [4.78, 5) is 51.5. The summed E-state index contributed by atoms with van der Waals surface area (Å²) in [5.41, 5.74) is 2.98. The Balaban J connectivity index is 1.81. The molecule has 1 fully saturated rings. The molecule has 0 radical (unpaired) electrons. The lowest BCUT2D eigenvalue weighted by Gasteiger charge is -2.26. The van der Waals surface area contributed by atoms with Gasteiger partial charge < -0.3 is 10.2 Å². The van der Waals surface area contributed by atoms with Crippen LogP contribution in [0.25, 0.3) is 0 Å². The number of rotatable bonds is 5. The Morgan fingerprint density at radius 3 is 2.21 bits per heavy atom. The zero-order valence-corrected chi connectivity index (χ0v) is 16.6. The van der Waals surface area contributed by atoms with Gasteiger partial charge in [-0.05, 0) is 36.8 Å². The molecule has 7 nitrogen and oxygen atoms in total. The highest BCUT2D eigenvalue weighted by molar-refractivity contribution is 6.23. The quantitative estimate of drug-likeness (QED) is 0.791. The lowest BCUT2D eigenvalue weighted by Crippen LogP contribution is -2.44. The Morgan fingerprint density at radius 2 is 1.66 bits per heavy atom. The van der Waals surface area contributed by atoms with Crippen molar-refractivity contribution in [2.75, 3.05) is 10.2 Å². The molecule has 7 heteroatoms. The van der Waals surface area contributed by atoms with Crippen molar-refractivity contribution < 1.29 is 19.2 Å². The molecule has 0 bridgehead atoms. The molecule has 1 heterocycles. The Morgan fingerprint density at radius 1 is 1.03 bits per heavy atom. The van der Waals surface area contributed by atoms with Crippen molar-refractivity contribution in [3.8, 4) is 0 Å². The van der Waals surface area contributed by atoms with E-state index in [1.54, 1.807) is 24.3 Å². The van der Waals surface area contributed by atoms with Gasteiger partial charge in [-0.15, -0.1) is 0 Å². The number of imide groups is 1. The van der Waals surface area contributed by atoms with Crippen molar-refractivity contribution in [1.82, 2.24) is 4.90 Å². The van der Waals surface area contributed by atoms with Crippen LogP contribution in [0.2, 0.25) is 0 Å². The Hall–Kier alpha value is -3.48. The van der Waals surface area contributed by atoms with Crippen molar-refractivity contribution in [2.24, 2.45) is 0 Å². The Kier molecular flexibility index (Phi) is 5.77. The largest absolute Gasteiger partial charge is 0.326 e. The van der Waals surface area contributed by atoms with Gasteiger partial charge in [-0.1, -0.05) is 29.8 Å². The van der Waals surface area contributed by atoms with E-state index < -0.39 is 11.9 Å². The van der Waals surface area contributed by atoms with Gasteiger partial charge in [0, 0.05) is 26.1 Å². The summed E-state index contributed by atoms with van der Waals surface area (Å²) < 4.78 is 0. The molecule has 0 aliphatic carbocycles. The molecule has 1 saturated heterocycles. The first-order chi connectivity index (χ1) is 13.8. The van der Waals surface area contributed by atoms with Gasteiger partial charge in [0.1, 0.15) is 6.04 Å². The summed E-state index contributed by atoms with van der Waals surface area (Å²) in [6.07, 6.45) is -0.0578. The number of hydrogen-bond donors (Lipinski definition) is 1. The number of hydrogen-bond acceptors (Lipinski definition) is 4. The zero-order valence-electron chi connectivity index (χ0n) is 16.6. The second-order valence-electron chi connectivity index (χ2n) is 7.15. The van der Waals surface area contributed by atoms with Gasteiger partial charge in [-0.2, -0.15) is 0 Å². The van der Waals surface area contributed by atoms with E-state index in [4.69, 9.17) is 0 Å². The maximum atomic E-state index is 13.0. The fraction of sp³-hybridized carbons (Fsp3) is 0.273. The molecule has 29 heavy (non-hydrogen) atoms. The molecule has 2 aromatic rings. The molecule has 3 rings (SSSR count). The van der Waals surface area contributed by atoms with E-state index in [0.29, 0.717) is 11.4 Å². The number of nitrogens with zero attached hydrogens (tertiary/aromatic N) is 2. The minimum absolute atomic E-state index is 0.0578. The smallest absolute Gasteiger partial charge is 0.257 e. The van der Waals surface area contributed by atoms with E-state index in [1.165, 1.54) is 18.7 Å². The lowest BCUT2D eigenvalue weighted by atomic mass is 10.1. The molecule has 1 atom stereocenters. The summed E-state index contributed by atoms with van der Waals surface area (Å²) in [7, 11) is 0. The SMILES string of the molecule is CC(=O)Nc1ccc(N2C(=O)CC(N(Cc3ccc(C)cc3)C(C)=O)C2=O)cc1. The highest BCUT2D eigenvalue weighted by atomic mass is 16.2. The van der Waals surface area contributed by atoms with Crippen LogP contribution in [0.1, 0.15) is 31.4 Å². The molecule has 0 aromatic heterocycles. The monoisotopic (exact) mass is 393 g/mol. The Labute approximate surface area is 169 Å². The first-order valence-corrected chi connectivity index (χ1v) is 9.33. The first-order valence-electron chi connectivity index (χ1n) is 9.33. The van der Waals surface area contributed by atoms with Gasteiger partial charge in [-0.3, -0.25) is 19.2 Å². The average Bonchev–Trinajstić information content (AvgIpc) is 2.95. The minimum Gasteiger partial charge on any atom is -0.326 e. The summed E-state index contributed by atoms with van der Waals surface area (Å²) in [6, 6.07) is 13.3. The van der Waals surface area contributed by atoms with Crippen molar-refractivity contribution in [1.29, 1.82) is 0 Å². The molecule has 1 aliphatic rings. The normalized spacial score (nSPS) is 16.1. The molecule has 1 N–H and O–H groups in total. The molecule has 4 amide bonds. The number of amides is 4. The van der Waals surface area contributed by atoms with Crippen molar-refractivity contribution >= 4 is 35.0 Å². The zero-order chi connectivity index (χ0) is 21.1. The average molecular weight is 393 g/mol. The van der Waals surface area contributed by atoms with Crippen LogP contribution < -0.4 is 10.2 Å². The third-order valence-corrected chi connectivity index (χ3v) is 4.82. The summed E-state index contributed by atoms with van der Waals surface area (Å²) >= 11 is 0. The Bertz CT molecular complexity index is 951. The molecule has 1 aliphatic heterocycles. The molecular weight excluding hydrogens is 370 g/mol. The van der Waals surface area contributed by atoms with E-state index in [1.807, 2.05) is 31.2 Å². The molecule has 0 spiro atoms. The van der Waals surface area contributed by atoms with E-state index in [-0.39, 0.29) is 30.7 Å². The van der Waals surface area contributed by atoms with Gasteiger partial charge in [0.15, 0.2) is 0 Å².